The van der Waals surface area contributed by atoms with Gasteiger partial charge in [-0.25, -0.2) is 0 Å². The van der Waals surface area contributed by atoms with Crippen molar-refractivity contribution in [2.75, 3.05) is 0 Å². The fourth-order valence-corrected chi connectivity index (χ4v) is 1.96. The molecule has 0 saturated carbocycles. The highest BCUT2D eigenvalue weighted by molar-refractivity contribution is 5.79. The molecule has 0 rings (SSSR count). The van der Waals surface area contributed by atoms with Crippen molar-refractivity contribution < 1.29 is 9.59 Å². The summed E-state index contributed by atoms with van der Waals surface area (Å²) in [5.41, 5.74) is 5.25. The van der Waals surface area contributed by atoms with Gasteiger partial charge in [-0.2, -0.15) is 0 Å². The lowest BCUT2D eigenvalue weighted by atomic mass is 9.95. The number of hydrogen-bond acceptors (Lipinski definition) is 2. The van der Waals surface area contributed by atoms with Gasteiger partial charge < -0.3 is 11.1 Å². The van der Waals surface area contributed by atoms with E-state index in [9.17, 15) is 9.59 Å². The van der Waals surface area contributed by atoms with Crippen LogP contribution in [0.3, 0.4) is 0 Å². The van der Waals surface area contributed by atoms with E-state index in [1.54, 1.807) is 0 Å². The number of rotatable bonds is 10. The Kier molecular flexibility index (Phi) is 9.76. The molecule has 0 heterocycles. The molecule has 0 aromatic heterocycles. The second-order valence-electron chi connectivity index (χ2n) is 6.73. The van der Waals surface area contributed by atoms with Gasteiger partial charge in [0.2, 0.25) is 11.8 Å². The van der Waals surface area contributed by atoms with E-state index in [-0.39, 0.29) is 23.8 Å². The van der Waals surface area contributed by atoms with Gasteiger partial charge in [-0.1, -0.05) is 65.5 Å². The van der Waals surface area contributed by atoms with Crippen LogP contribution in [0.4, 0.5) is 0 Å². The molecule has 1 atom stereocenters. The lowest BCUT2D eigenvalue weighted by molar-refractivity contribution is -0.122. The summed E-state index contributed by atoms with van der Waals surface area (Å²) in [5, 5.41) is 2.89. The molecule has 0 radical (unpaired) electrons. The second kappa shape index (κ2) is 10.4. The van der Waals surface area contributed by atoms with E-state index in [1.165, 1.54) is 19.3 Å². The Morgan fingerprint density at radius 3 is 2.29 bits per heavy atom. The number of unbranched alkanes of at least 4 members (excludes halogenated alkanes) is 4. The predicted octanol–water partition coefficient (Wildman–Crippen LogP) is 3.31. The van der Waals surface area contributed by atoms with Crippen LogP contribution in [0.1, 0.15) is 72.6 Å². The average Bonchev–Trinajstić information content (AvgIpc) is 2.34. The van der Waals surface area contributed by atoms with Crippen molar-refractivity contribution in [2.24, 2.45) is 11.1 Å². The summed E-state index contributed by atoms with van der Waals surface area (Å²) < 4.78 is 0. The van der Waals surface area contributed by atoms with Crippen LogP contribution < -0.4 is 11.1 Å². The van der Waals surface area contributed by atoms with Crippen molar-refractivity contribution in [2.45, 2.75) is 78.7 Å². The third-order valence-electron chi connectivity index (χ3n) is 3.10. The Balaban J connectivity index is 4.23. The first-order valence-corrected chi connectivity index (χ1v) is 8.01. The van der Waals surface area contributed by atoms with E-state index in [1.807, 2.05) is 12.2 Å². The number of nitrogens with one attached hydrogen (secondary N) is 1. The Labute approximate surface area is 129 Å². The van der Waals surface area contributed by atoms with Crippen molar-refractivity contribution in [3.05, 3.63) is 12.2 Å². The summed E-state index contributed by atoms with van der Waals surface area (Å²) in [6, 6.07) is -0.301. The van der Waals surface area contributed by atoms with Gasteiger partial charge >= 0.3 is 0 Å². The van der Waals surface area contributed by atoms with E-state index < -0.39 is 5.91 Å². The molecular weight excluding hydrogens is 264 g/mol. The quantitative estimate of drug-likeness (QED) is 0.479. The van der Waals surface area contributed by atoms with Crippen LogP contribution in [-0.4, -0.2) is 17.9 Å². The lowest BCUT2D eigenvalue weighted by Crippen LogP contribution is -2.36. The Morgan fingerprint density at radius 2 is 1.76 bits per heavy atom. The fourth-order valence-electron chi connectivity index (χ4n) is 1.96. The van der Waals surface area contributed by atoms with Gasteiger partial charge in [0.1, 0.15) is 0 Å². The molecule has 0 spiro atoms. The number of hydrogen-bond donors (Lipinski definition) is 2. The number of nitrogens with two attached hydrogens (primary N) is 1. The Bertz CT molecular complexity index is 343. The molecule has 0 bridgehead atoms. The largest absolute Gasteiger partial charge is 0.370 e. The summed E-state index contributed by atoms with van der Waals surface area (Å²) in [6.07, 6.45) is 10.1. The molecule has 0 aliphatic heterocycles. The minimum atomic E-state index is -0.401. The molecule has 2 amide bonds. The maximum Gasteiger partial charge on any atom is 0.220 e. The molecule has 0 saturated heterocycles. The molecule has 21 heavy (non-hydrogen) atoms. The van der Waals surface area contributed by atoms with Crippen molar-refractivity contribution >= 4 is 11.8 Å². The van der Waals surface area contributed by atoms with E-state index in [4.69, 9.17) is 5.73 Å². The molecule has 0 aliphatic carbocycles. The van der Waals surface area contributed by atoms with Gasteiger partial charge in [-0.3, -0.25) is 9.59 Å². The Morgan fingerprint density at radius 1 is 1.14 bits per heavy atom. The second-order valence-corrected chi connectivity index (χ2v) is 6.73. The van der Waals surface area contributed by atoms with Gasteiger partial charge in [0.15, 0.2) is 0 Å². The van der Waals surface area contributed by atoms with Crippen LogP contribution in [0.15, 0.2) is 12.2 Å². The number of amides is 2. The van der Waals surface area contributed by atoms with E-state index in [0.717, 1.165) is 12.8 Å². The summed E-state index contributed by atoms with van der Waals surface area (Å²) in [5.74, 6) is -0.405. The topological polar surface area (TPSA) is 72.2 Å². The smallest absolute Gasteiger partial charge is 0.220 e. The zero-order valence-corrected chi connectivity index (χ0v) is 14.1. The zero-order chi connectivity index (χ0) is 16.3. The van der Waals surface area contributed by atoms with Crippen LogP contribution in [0.25, 0.3) is 0 Å². The van der Waals surface area contributed by atoms with Gasteiger partial charge in [-0.05, 0) is 11.8 Å². The lowest BCUT2D eigenvalue weighted by Gasteiger charge is -2.17. The SMILES string of the molecule is CCCCCCCC(=O)N[C@@H](/C=C/C(C)(C)C)CC(N)=O. The number of carbonyl (C=O) groups is 2. The number of carbonyl (C=O) groups excluding carboxylic acids is 2. The molecule has 3 N–H and O–H groups in total. The van der Waals surface area contributed by atoms with E-state index in [0.29, 0.717) is 6.42 Å². The van der Waals surface area contributed by atoms with Gasteiger partial charge in [0.05, 0.1) is 12.5 Å². The molecule has 0 aromatic rings. The number of primary amides is 1. The normalized spacial score (nSPS) is 13.3. The highest BCUT2D eigenvalue weighted by Gasteiger charge is 2.13. The molecule has 0 aromatic carbocycles. The predicted molar refractivity (Wildman–Crippen MR) is 87.7 cm³/mol. The summed E-state index contributed by atoms with van der Waals surface area (Å²) >= 11 is 0. The molecule has 0 fully saturated rings. The molecule has 0 aliphatic rings. The third kappa shape index (κ3) is 13.4. The van der Waals surface area contributed by atoms with Gasteiger partial charge in [0.25, 0.3) is 0 Å². The van der Waals surface area contributed by atoms with Crippen molar-refractivity contribution in [3.63, 3.8) is 0 Å². The van der Waals surface area contributed by atoms with Crippen LogP contribution in [0.5, 0.6) is 0 Å². The molecule has 122 valence electrons. The molecule has 0 unspecified atom stereocenters. The summed E-state index contributed by atoms with van der Waals surface area (Å²) in [6.45, 7) is 8.38. The van der Waals surface area contributed by atoms with Crippen molar-refractivity contribution in [1.82, 2.24) is 5.32 Å². The Hall–Kier alpha value is -1.32. The first kappa shape index (κ1) is 19.7. The first-order chi connectivity index (χ1) is 9.74. The minimum absolute atomic E-state index is 0.00342. The fraction of sp³-hybridized carbons (Fsp3) is 0.765. The molecule has 4 heteroatoms. The van der Waals surface area contributed by atoms with Crippen LogP contribution in [0.2, 0.25) is 0 Å². The summed E-state index contributed by atoms with van der Waals surface area (Å²) in [4.78, 5) is 23.0. The number of allylic oxidation sites excluding steroid dienone is 1. The molecule has 4 nitrogen and oxygen atoms in total. The van der Waals surface area contributed by atoms with Crippen molar-refractivity contribution in [1.29, 1.82) is 0 Å². The zero-order valence-electron chi connectivity index (χ0n) is 14.1. The van der Waals surface area contributed by atoms with Gasteiger partial charge in [0, 0.05) is 6.42 Å². The average molecular weight is 296 g/mol. The van der Waals surface area contributed by atoms with Gasteiger partial charge in [-0.15, -0.1) is 0 Å². The van der Waals surface area contributed by atoms with Crippen molar-refractivity contribution in [3.8, 4) is 0 Å². The third-order valence-corrected chi connectivity index (χ3v) is 3.10. The van der Waals surface area contributed by atoms with E-state index in [2.05, 4.69) is 33.0 Å². The van der Waals surface area contributed by atoms with Crippen LogP contribution in [0, 0.1) is 5.41 Å². The monoisotopic (exact) mass is 296 g/mol. The standard InChI is InChI=1S/C17H32N2O2/c1-5-6-7-8-9-10-16(21)19-14(13-15(18)20)11-12-17(2,3)4/h11-12,14H,5-10,13H2,1-4H3,(H2,18,20)(H,19,21)/b12-11+/t14-/m0/s1. The minimum Gasteiger partial charge on any atom is -0.370 e. The maximum absolute atomic E-state index is 11.9. The maximum atomic E-state index is 11.9. The molecular formula is C17H32N2O2. The first-order valence-electron chi connectivity index (χ1n) is 8.01. The van der Waals surface area contributed by atoms with Crippen LogP contribution >= 0.6 is 0 Å². The van der Waals surface area contributed by atoms with Crippen LogP contribution in [-0.2, 0) is 9.59 Å². The summed E-state index contributed by atoms with van der Waals surface area (Å²) in [7, 11) is 0. The van der Waals surface area contributed by atoms with E-state index >= 15 is 0 Å². The highest BCUT2D eigenvalue weighted by Crippen LogP contribution is 2.15. The highest BCUT2D eigenvalue weighted by atomic mass is 16.2.